The summed E-state index contributed by atoms with van der Waals surface area (Å²) in [5, 5.41) is 2.95. The van der Waals surface area contributed by atoms with Crippen molar-refractivity contribution in [2.45, 2.75) is 20.3 Å². The molecular formula is C20H22N2O3. The Morgan fingerprint density at radius 1 is 1.16 bits per heavy atom. The summed E-state index contributed by atoms with van der Waals surface area (Å²) in [7, 11) is 1.60. The molecule has 25 heavy (non-hydrogen) atoms. The largest absolute Gasteiger partial charge is 0.497 e. The Morgan fingerprint density at radius 2 is 1.88 bits per heavy atom. The lowest BCUT2D eigenvalue weighted by Crippen LogP contribution is -2.28. The van der Waals surface area contributed by atoms with Crippen molar-refractivity contribution in [1.82, 2.24) is 0 Å². The monoisotopic (exact) mass is 338 g/mol. The van der Waals surface area contributed by atoms with E-state index in [-0.39, 0.29) is 24.2 Å². The highest BCUT2D eigenvalue weighted by Gasteiger charge is 2.35. The van der Waals surface area contributed by atoms with Gasteiger partial charge in [-0.15, -0.1) is 0 Å². The van der Waals surface area contributed by atoms with Crippen molar-refractivity contribution in [3.63, 3.8) is 0 Å². The number of hydrogen-bond acceptors (Lipinski definition) is 3. The lowest BCUT2D eigenvalue weighted by atomic mass is 10.1. The number of hydrogen-bond donors (Lipinski definition) is 1. The topological polar surface area (TPSA) is 58.6 Å². The second kappa shape index (κ2) is 6.97. The van der Waals surface area contributed by atoms with Crippen LogP contribution in [0.4, 0.5) is 11.4 Å². The van der Waals surface area contributed by atoms with Gasteiger partial charge in [-0.05, 0) is 49.7 Å². The van der Waals surface area contributed by atoms with Gasteiger partial charge in [0, 0.05) is 24.3 Å². The minimum Gasteiger partial charge on any atom is -0.497 e. The van der Waals surface area contributed by atoms with Crippen molar-refractivity contribution in [2.24, 2.45) is 5.92 Å². The van der Waals surface area contributed by atoms with Crippen LogP contribution in [-0.4, -0.2) is 25.5 Å². The van der Waals surface area contributed by atoms with Crippen LogP contribution in [0.1, 0.15) is 17.5 Å². The molecule has 1 aliphatic heterocycles. The van der Waals surface area contributed by atoms with Gasteiger partial charge in [0.05, 0.1) is 13.0 Å². The van der Waals surface area contributed by atoms with E-state index in [0.29, 0.717) is 6.54 Å². The van der Waals surface area contributed by atoms with Crippen LogP contribution in [0.2, 0.25) is 0 Å². The fourth-order valence-corrected chi connectivity index (χ4v) is 3.08. The Hall–Kier alpha value is -2.82. The molecule has 1 heterocycles. The van der Waals surface area contributed by atoms with Crippen molar-refractivity contribution < 1.29 is 14.3 Å². The van der Waals surface area contributed by atoms with E-state index in [4.69, 9.17) is 4.74 Å². The number of carbonyl (C=O) groups excluding carboxylic acids is 2. The molecule has 0 bridgehead atoms. The maximum atomic E-state index is 12.6. The van der Waals surface area contributed by atoms with Gasteiger partial charge in [-0.25, -0.2) is 0 Å². The molecule has 0 aliphatic carbocycles. The molecule has 1 atom stereocenters. The van der Waals surface area contributed by atoms with Crippen LogP contribution in [0.25, 0.3) is 0 Å². The summed E-state index contributed by atoms with van der Waals surface area (Å²) in [6, 6.07) is 13.2. The van der Waals surface area contributed by atoms with Gasteiger partial charge in [-0.3, -0.25) is 9.59 Å². The summed E-state index contributed by atoms with van der Waals surface area (Å²) in [5.41, 5.74) is 3.75. The Bertz CT molecular complexity index is 799. The maximum Gasteiger partial charge on any atom is 0.229 e. The van der Waals surface area contributed by atoms with E-state index in [2.05, 4.69) is 5.32 Å². The van der Waals surface area contributed by atoms with E-state index >= 15 is 0 Å². The Kier molecular flexibility index (Phi) is 4.74. The number of nitrogens with one attached hydrogen (secondary N) is 1. The zero-order valence-electron chi connectivity index (χ0n) is 14.7. The van der Waals surface area contributed by atoms with E-state index in [1.807, 2.05) is 56.3 Å². The number of rotatable bonds is 4. The molecule has 5 nitrogen and oxygen atoms in total. The van der Waals surface area contributed by atoms with Gasteiger partial charge < -0.3 is 15.0 Å². The Labute approximate surface area is 147 Å². The van der Waals surface area contributed by atoms with Crippen molar-refractivity contribution in [3.05, 3.63) is 53.6 Å². The van der Waals surface area contributed by atoms with E-state index in [0.717, 1.165) is 28.3 Å². The minimum atomic E-state index is -0.352. The van der Waals surface area contributed by atoms with Crippen LogP contribution >= 0.6 is 0 Å². The molecule has 5 heteroatoms. The maximum absolute atomic E-state index is 12.6. The number of anilines is 2. The first kappa shape index (κ1) is 17.0. The van der Waals surface area contributed by atoms with Crippen molar-refractivity contribution >= 4 is 23.2 Å². The molecule has 0 unspecified atom stereocenters. The van der Waals surface area contributed by atoms with Gasteiger partial charge in [0.25, 0.3) is 0 Å². The van der Waals surface area contributed by atoms with Gasteiger partial charge >= 0.3 is 0 Å². The molecule has 1 aliphatic rings. The predicted octanol–water partition coefficient (Wildman–Crippen LogP) is 3.30. The van der Waals surface area contributed by atoms with E-state index in [1.54, 1.807) is 12.0 Å². The first-order chi connectivity index (χ1) is 12.0. The summed E-state index contributed by atoms with van der Waals surface area (Å²) in [6.07, 6.45) is 0.225. The number of aryl methyl sites for hydroxylation is 2. The van der Waals surface area contributed by atoms with Crippen molar-refractivity contribution in [3.8, 4) is 5.75 Å². The molecule has 0 spiro atoms. The van der Waals surface area contributed by atoms with Crippen molar-refractivity contribution in [1.29, 1.82) is 0 Å². The molecule has 1 saturated heterocycles. The molecule has 2 aromatic rings. The summed E-state index contributed by atoms with van der Waals surface area (Å²) in [6.45, 7) is 4.37. The van der Waals surface area contributed by atoms with E-state index in [1.165, 1.54) is 0 Å². The molecule has 1 N–H and O–H groups in total. The molecule has 0 aromatic heterocycles. The number of amides is 2. The average Bonchev–Trinajstić information content (AvgIpc) is 2.99. The van der Waals surface area contributed by atoms with Crippen LogP contribution in [0.15, 0.2) is 42.5 Å². The Morgan fingerprint density at radius 3 is 2.52 bits per heavy atom. The lowest BCUT2D eigenvalue weighted by molar-refractivity contribution is -0.122. The van der Waals surface area contributed by atoms with E-state index < -0.39 is 0 Å². The van der Waals surface area contributed by atoms with Crippen LogP contribution in [0, 0.1) is 19.8 Å². The minimum absolute atomic E-state index is 0.0362. The van der Waals surface area contributed by atoms with Gasteiger partial charge in [-0.1, -0.05) is 17.7 Å². The van der Waals surface area contributed by atoms with Crippen LogP contribution in [0.3, 0.4) is 0 Å². The van der Waals surface area contributed by atoms with Gasteiger partial charge in [0.1, 0.15) is 5.75 Å². The molecule has 1 fully saturated rings. The number of methoxy groups -OCH3 is 1. The average molecular weight is 338 g/mol. The number of carbonyl (C=O) groups is 2. The molecule has 2 aromatic carbocycles. The smallest absolute Gasteiger partial charge is 0.229 e. The number of nitrogens with zero attached hydrogens (tertiary/aromatic N) is 1. The summed E-state index contributed by atoms with van der Waals surface area (Å²) < 4.78 is 5.14. The Balaban J connectivity index is 1.69. The lowest BCUT2D eigenvalue weighted by Gasteiger charge is -2.17. The first-order valence-corrected chi connectivity index (χ1v) is 8.30. The third-order valence-corrected chi connectivity index (χ3v) is 4.52. The van der Waals surface area contributed by atoms with Gasteiger partial charge in [0.2, 0.25) is 11.8 Å². The normalized spacial score (nSPS) is 16.8. The SMILES string of the molecule is COc1ccc(N2C[C@@H](C(=O)Nc3ccc(C)cc3C)CC2=O)cc1. The van der Waals surface area contributed by atoms with Crippen LogP contribution < -0.4 is 15.0 Å². The molecule has 130 valence electrons. The van der Waals surface area contributed by atoms with Crippen molar-refractivity contribution in [2.75, 3.05) is 23.9 Å². The molecule has 3 rings (SSSR count). The fraction of sp³-hybridized carbons (Fsp3) is 0.300. The predicted molar refractivity (Wildman–Crippen MR) is 98.0 cm³/mol. The van der Waals surface area contributed by atoms with E-state index in [9.17, 15) is 9.59 Å². The van der Waals surface area contributed by atoms with Crippen LogP contribution in [-0.2, 0) is 9.59 Å². The second-order valence-electron chi connectivity index (χ2n) is 6.41. The van der Waals surface area contributed by atoms with Gasteiger partial charge in [0.15, 0.2) is 0 Å². The standard InChI is InChI=1S/C20H22N2O3/c1-13-4-9-18(14(2)10-13)21-20(24)15-11-19(23)22(12-15)16-5-7-17(25-3)8-6-16/h4-10,15H,11-12H2,1-3H3,(H,21,24)/t15-/m0/s1. The third-order valence-electron chi connectivity index (χ3n) is 4.52. The quantitative estimate of drug-likeness (QED) is 0.930. The second-order valence-corrected chi connectivity index (χ2v) is 6.41. The highest BCUT2D eigenvalue weighted by molar-refractivity contribution is 6.03. The summed E-state index contributed by atoms with van der Waals surface area (Å²) in [5.74, 6) is 0.233. The highest BCUT2D eigenvalue weighted by Crippen LogP contribution is 2.28. The third kappa shape index (κ3) is 3.65. The number of benzene rings is 2. The summed E-state index contributed by atoms with van der Waals surface area (Å²) in [4.78, 5) is 26.5. The number of ether oxygens (including phenoxy) is 1. The zero-order valence-corrected chi connectivity index (χ0v) is 14.7. The van der Waals surface area contributed by atoms with Crippen LogP contribution in [0.5, 0.6) is 5.75 Å². The first-order valence-electron chi connectivity index (χ1n) is 8.30. The van der Waals surface area contributed by atoms with Gasteiger partial charge in [-0.2, -0.15) is 0 Å². The molecule has 2 amide bonds. The zero-order chi connectivity index (χ0) is 18.0. The molecule has 0 saturated carbocycles. The fourth-order valence-electron chi connectivity index (χ4n) is 3.08. The molecular weight excluding hydrogens is 316 g/mol. The summed E-state index contributed by atoms with van der Waals surface area (Å²) >= 11 is 0. The highest BCUT2D eigenvalue weighted by atomic mass is 16.5. The molecule has 0 radical (unpaired) electrons.